The number of amides is 1. The van der Waals surface area contributed by atoms with Gasteiger partial charge >= 0.3 is 0 Å². The smallest absolute Gasteiger partial charge is 0.252 e. The normalized spacial score (nSPS) is 16.6. The van der Waals surface area contributed by atoms with E-state index in [1.807, 2.05) is 12.1 Å². The first-order valence-electron chi connectivity index (χ1n) is 8.26. The van der Waals surface area contributed by atoms with Gasteiger partial charge in [-0.15, -0.1) is 0 Å². The van der Waals surface area contributed by atoms with Crippen molar-refractivity contribution in [1.29, 1.82) is 0 Å². The number of benzene rings is 1. The number of piperidine rings is 1. The zero-order chi connectivity index (χ0) is 17.7. The lowest BCUT2D eigenvalue weighted by atomic mass is 9.91. The minimum Gasteiger partial charge on any atom is -0.368 e. The predicted molar refractivity (Wildman–Crippen MR) is 93.3 cm³/mol. The Balaban J connectivity index is 1.55. The summed E-state index contributed by atoms with van der Waals surface area (Å²) in [6, 6.07) is 7.25. The monoisotopic (exact) mass is 364 g/mol. The van der Waals surface area contributed by atoms with E-state index >= 15 is 0 Å². The summed E-state index contributed by atoms with van der Waals surface area (Å²) in [5, 5.41) is 10.7. The molecule has 1 aliphatic rings. The van der Waals surface area contributed by atoms with Gasteiger partial charge in [-0.3, -0.25) is 4.79 Å². The zero-order valence-corrected chi connectivity index (χ0v) is 14.8. The lowest BCUT2D eigenvalue weighted by molar-refractivity contribution is -0.146. The van der Waals surface area contributed by atoms with Gasteiger partial charge in [0.25, 0.3) is 5.91 Å². The Hall–Kier alpha value is -1.96. The van der Waals surface area contributed by atoms with Gasteiger partial charge in [0, 0.05) is 30.7 Å². The van der Waals surface area contributed by atoms with Crippen molar-refractivity contribution in [2.75, 3.05) is 26.7 Å². The molecule has 8 heteroatoms. The van der Waals surface area contributed by atoms with E-state index in [-0.39, 0.29) is 5.91 Å². The second-order valence-electron chi connectivity index (χ2n) is 5.98. The van der Waals surface area contributed by atoms with Crippen molar-refractivity contribution < 1.29 is 14.1 Å². The number of carbonyl (C=O) groups is 1. The van der Waals surface area contributed by atoms with E-state index in [0.29, 0.717) is 42.5 Å². The van der Waals surface area contributed by atoms with Crippen molar-refractivity contribution in [3.63, 3.8) is 0 Å². The molecule has 2 heterocycles. The lowest BCUT2D eigenvalue weighted by Crippen LogP contribution is -2.54. The summed E-state index contributed by atoms with van der Waals surface area (Å²) in [6.07, 6.45) is 1.78. The molecule has 3 rings (SSSR count). The average molecular weight is 365 g/mol. The number of nitrogens with zero attached hydrogens (tertiary/aromatic N) is 2. The Kier molecular flexibility index (Phi) is 5.67. The summed E-state index contributed by atoms with van der Waals surface area (Å²) in [5.74, 6) is 0.855. The van der Waals surface area contributed by atoms with Crippen LogP contribution in [0.15, 0.2) is 28.8 Å². The van der Waals surface area contributed by atoms with E-state index in [1.165, 1.54) is 0 Å². The van der Waals surface area contributed by atoms with Crippen LogP contribution in [-0.2, 0) is 16.0 Å². The van der Waals surface area contributed by atoms with Crippen LogP contribution in [0.3, 0.4) is 0 Å². The summed E-state index contributed by atoms with van der Waals surface area (Å²) in [4.78, 5) is 16.8. The molecule has 0 spiro atoms. The number of hydrogen-bond donors (Lipinski definition) is 2. The fourth-order valence-corrected chi connectivity index (χ4v) is 3.09. The molecule has 1 saturated heterocycles. The van der Waals surface area contributed by atoms with Crippen molar-refractivity contribution in [2.45, 2.75) is 24.9 Å². The molecular weight excluding hydrogens is 344 g/mol. The van der Waals surface area contributed by atoms with Crippen molar-refractivity contribution in [3.8, 4) is 11.4 Å². The van der Waals surface area contributed by atoms with Gasteiger partial charge in [-0.2, -0.15) is 4.98 Å². The second kappa shape index (κ2) is 7.95. The average Bonchev–Trinajstić information content (AvgIpc) is 3.11. The second-order valence-corrected chi connectivity index (χ2v) is 6.41. The molecule has 25 heavy (non-hydrogen) atoms. The Labute approximate surface area is 151 Å². The molecule has 1 fully saturated rings. The molecule has 0 saturated carbocycles. The molecule has 7 nitrogen and oxygen atoms in total. The number of methoxy groups -OCH3 is 1. The van der Waals surface area contributed by atoms with E-state index in [4.69, 9.17) is 20.9 Å². The topological polar surface area (TPSA) is 89.3 Å². The van der Waals surface area contributed by atoms with Gasteiger partial charge < -0.3 is 19.9 Å². The van der Waals surface area contributed by atoms with Crippen molar-refractivity contribution in [3.05, 3.63) is 35.2 Å². The summed E-state index contributed by atoms with van der Waals surface area (Å²) in [7, 11) is 1.58. The first-order chi connectivity index (χ1) is 12.1. The maximum Gasteiger partial charge on any atom is 0.252 e. The van der Waals surface area contributed by atoms with Gasteiger partial charge in [0.15, 0.2) is 0 Å². The maximum atomic E-state index is 12.5. The number of nitrogens with one attached hydrogen (secondary N) is 2. The number of rotatable bonds is 6. The first kappa shape index (κ1) is 17.8. The Bertz CT molecular complexity index is 728. The number of hydrogen-bond acceptors (Lipinski definition) is 6. The third-order valence-electron chi connectivity index (χ3n) is 4.39. The van der Waals surface area contributed by atoms with Crippen molar-refractivity contribution in [1.82, 2.24) is 20.8 Å². The number of aromatic nitrogens is 2. The highest BCUT2D eigenvalue weighted by molar-refractivity contribution is 6.30. The van der Waals surface area contributed by atoms with Crippen LogP contribution in [0.1, 0.15) is 18.7 Å². The van der Waals surface area contributed by atoms with E-state index in [2.05, 4.69) is 20.8 Å². The van der Waals surface area contributed by atoms with E-state index < -0.39 is 5.60 Å². The summed E-state index contributed by atoms with van der Waals surface area (Å²) < 4.78 is 10.7. The minimum absolute atomic E-state index is 0.0916. The third-order valence-corrected chi connectivity index (χ3v) is 4.63. The van der Waals surface area contributed by atoms with Gasteiger partial charge in [0.2, 0.25) is 11.7 Å². The van der Waals surface area contributed by atoms with Crippen LogP contribution >= 0.6 is 11.6 Å². The molecule has 0 aliphatic carbocycles. The predicted octanol–water partition coefficient (Wildman–Crippen LogP) is 1.82. The largest absolute Gasteiger partial charge is 0.368 e. The van der Waals surface area contributed by atoms with Crippen LogP contribution in [0.25, 0.3) is 11.4 Å². The number of carbonyl (C=O) groups excluding carboxylic acids is 1. The molecule has 1 aromatic heterocycles. The first-order valence-corrected chi connectivity index (χ1v) is 8.63. The highest BCUT2D eigenvalue weighted by Gasteiger charge is 2.39. The van der Waals surface area contributed by atoms with E-state index in [0.717, 1.165) is 18.7 Å². The van der Waals surface area contributed by atoms with Gasteiger partial charge in [0.1, 0.15) is 5.60 Å². The Morgan fingerprint density at radius 2 is 2.24 bits per heavy atom. The van der Waals surface area contributed by atoms with Crippen LogP contribution in [0.4, 0.5) is 0 Å². The van der Waals surface area contributed by atoms with Crippen LogP contribution in [0.2, 0.25) is 5.02 Å². The van der Waals surface area contributed by atoms with E-state index in [1.54, 1.807) is 19.2 Å². The molecule has 0 unspecified atom stereocenters. The lowest BCUT2D eigenvalue weighted by Gasteiger charge is -2.34. The summed E-state index contributed by atoms with van der Waals surface area (Å²) in [6.45, 7) is 1.95. The molecule has 1 aromatic carbocycles. The molecule has 1 amide bonds. The highest BCUT2D eigenvalue weighted by Crippen LogP contribution is 2.23. The SMILES string of the molecule is COC1(C(=O)NCCc2nc(-c3cccc(Cl)c3)no2)CCNCC1. The highest BCUT2D eigenvalue weighted by atomic mass is 35.5. The maximum absolute atomic E-state index is 12.5. The van der Waals surface area contributed by atoms with Crippen LogP contribution < -0.4 is 10.6 Å². The van der Waals surface area contributed by atoms with Gasteiger partial charge in [-0.1, -0.05) is 28.9 Å². The summed E-state index contributed by atoms with van der Waals surface area (Å²) in [5.41, 5.74) is 0.0473. The van der Waals surface area contributed by atoms with Gasteiger partial charge in [-0.05, 0) is 38.1 Å². The fraction of sp³-hybridized carbons (Fsp3) is 0.471. The molecule has 0 radical (unpaired) electrons. The zero-order valence-electron chi connectivity index (χ0n) is 14.0. The Morgan fingerprint density at radius 1 is 1.44 bits per heavy atom. The molecule has 0 atom stereocenters. The number of ether oxygens (including phenoxy) is 1. The fourth-order valence-electron chi connectivity index (χ4n) is 2.90. The molecule has 2 N–H and O–H groups in total. The molecule has 0 bridgehead atoms. The molecule has 134 valence electrons. The summed E-state index contributed by atoms with van der Waals surface area (Å²) >= 11 is 5.97. The number of halogens is 1. The molecular formula is C17H21ClN4O3. The van der Waals surface area contributed by atoms with E-state index in [9.17, 15) is 4.79 Å². The van der Waals surface area contributed by atoms with Crippen LogP contribution in [0, 0.1) is 0 Å². The standard InChI is InChI=1S/C17H21ClN4O3/c1-24-17(6-9-19-10-7-17)16(23)20-8-5-14-21-15(22-25-14)12-3-2-4-13(18)11-12/h2-4,11,19H,5-10H2,1H3,(H,20,23). The quantitative estimate of drug-likeness (QED) is 0.812. The van der Waals surface area contributed by atoms with Crippen molar-refractivity contribution in [2.24, 2.45) is 0 Å². The minimum atomic E-state index is -0.744. The van der Waals surface area contributed by atoms with Crippen molar-refractivity contribution >= 4 is 17.5 Å². The molecule has 1 aliphatic heterocycles. The third kappa shape index (κ3) is 4.18. The van der Waals surface area contributed by atoms with Gasteiger partial charge in [-0.25, -0.2) is 0 Å². The van der Waals surface area contributed by atoms with Gasteiger partial charge in [0.05, 0.1) is 0 Å². The molecule has 2 aromatic rings. The van der Waals surface area contributed by atoms with Crippen LogP contribution in [-0.4, -0.2) is 48.4 Å². The Morgan fingerprint density at radius 3 is 2.96 bits per heavy atom. The van der Waals surface area contributed by atoms with Crippen LogP contribution in [0.5, 0.6) is 0 Å².